The molecule has 0 spiro atoms. The van der Waals surface area contributed by atoms with Gasteiger partial charge in [-0.05, 0) is 24.0 Å². The van der Waals surface area contributed by atoms with E-state index < -0.39 is 10.4 Å². The Labute approximate surface area is 140 Å². The molecule has 0 aromatic heterocycles. The van der Waals surface area contributed by atoms with E-state index in [0.29, 0.717) is 13.0 Å². The first-order chi connectivity index (χ1) is 10.5. The van der Waals surface area contributed by atoms with Gasteiger partial charge in [0.2, 0.25) is 5.91 Å². The summed E-state index contributed by atoms with van der Waals surface area (Å²) in [5, 5.41) is 12.8. The zero-order valence-corrected chi connectivity index (χ0v) is 13.8. The molecule has 1 heterocycles. The second-order valence-electron chi connectivity index (χ2n) is 6.17. The third-order valence-electron chi connectivity index (χ3n) is 4.33. The number of β-amino-alcohol motifs (C(OH)–C–C–N with tert-alkyl or cyclic N) is 1. The molecule has 2 aliphatic rings. The molecule has 1 saturated carbocycles. The van der Waals surface area contributed by atoms with E-state index in [1.807, 2.05) is 6.07 Å². The molecule has 1 amide bonds. The minimum absolute atomic E-state index is 0.173. The van der Waals surface area contributed by atoms with Crippen molar-refractivity contribution in [2.45, 2.75) is 29.8 Å². The molecule has 1 aromatic carbocycles. The second kappa shape index (κ2) is 6.36. The van der Waals surface area contributed by atoms with Crippen molar-refractivity contribution in [3.63, 3.8) is 0 Å². The number of amides is 1. The van der Waals surface area contributed by atoms with Crippen molar-refractivity contribution in [1.82, 2.24) is 10.2 Å². The van der Waals surface area contributed by atoms with Crippen LogP contribution in [0, 0.1) is 5.92 Å². The van der Waals surface area contributed by atoms with Crippen LogP contribution in [0.15, 0.2) is 24.3 Å². The van der Waals surface area contributed by atoms with Crippen LogP contribution in [0.1, 0.15) is 17.5 Å². The Hall–Kier alpha value is -0.810. The van der Waals surface area contributed by atoms with Gasteiger partial charge in [-0.15, -0.1) is 23.2 Å². The SMILES string of the molecule is O=C(NCC(O)CN1CCc2ccccc2C1)C1CC1(Cl)Cl. The van der Waals surface area contributed by atoms with Gasteiger partial charge in [-0.1, -0.05) is 24.3 Å². The van der Waals surface area contributed by atoms with E-state index in [2.05, 4.69) is 28.4 Å². The van der Waals surface area contributed by atoms with Crippen LogP contribution >= 0.6 is 23.2 Å². The summed E-state index contributed by atoms with van der Waals surface area (Å²) in [4.78, 5) is 14.0. The lowest BCUT2D eigenvalue weighted by molar-refractivity contribution is -0.122. The smallest absolute Gasteiger partial charge is 0.226 e. The Kier molecular flexibility index (Phi) is 4.64. The molecule has 2 atom stereocenters. The molecule has 2 N–H and O–H groups in total. The summed E-state index contributed by atoms with van der Waals surface area (Å²) in [6.07, 6.45) is 0.896. The highest BCUT2D eigenvalue weighted by atomic mass is 35.5. The van der Waals surface area contributed by atoms with Crippen molar-refractivity contribution in [2.24, 2.45) is 5.92 Å². The number of rotatable bonds is 5. The average molecular weight is 343 g/mol. The third-order valence-corrected chi connectivity index (χ3v) is 5.17. The van der Waals surface area contributed by atoms with Gasteiger partial charge in [0, 0.05) is 26.2 Å². The van der Waals surface area contributed by atoms with Crippen LogP contribution < -0.4 is 5.32 Å². The fourth-order valence-corrected chi connectivity index (χ4v) is 3.42. The summed E-state index contributed by atoms with van der Waals surface area (Å²) in [5.74, 6) is -0.516. The van der Waals surface area contributed by atoms with Gasteiger partial charge in [0.15, 0.2) is 0 Å². The number of alkyl halides is 2. The topological polar surface area (TPSA) is 52.6 Å². The largest absolute Gasteiger partial charge is 0.390 e. The molecule has 1 aliphatic carbocycles. The monoisotopic (exact) mass is 342 g/mol. The fraction of sp³-hybridized carbons (Fsp3) is 0.562. The summed E-state index contributed by atoms with van der Waals surface area (Å²) in [6, 6.07) is 8.39. The van der Waals surface area contributed by atoms with Crippen molar-refractivity contribution in [3.8, 4) is 0 Å². The molecule has 0 radical (unpaired) electrons. The number of nitrogens with zero attached hydrogens (tertiary/aromatic N) is 1. The Balaban J connectivity index is 1.43. The molecule has 3 rings (SSSR count). The first-order valence-electron chi connectivity index (χ1n) is 7.58. The Morgan fingerprint density at radius 3 is 2.77 bits per heavy atom. The molecule has 4 nitrogen and oxygen atoms in total. The first kappa shape index (κ1) is 16.1. The van der Waals surface area contributed by atoms with Crippen molar-refractivity contribution < 1.29 is 9.90 Å². The first-order valence-corrected chi connectivity index (χ1v) is 8.34. The zero-order chi connectivity index (χ0) is 15.7. The van der Waals surface area contributed by atoms with E-state index >= 15 is 0 Å². The highest BCUT2D eigenvalue weighted by Gasteiger charge is 2.56. The molecule has 0 saturated heterocycles. The molecular weight excluding hydrogens is 323 g/mol. The van der Waals surface area contributed by atoms with Crippen LogP contribution in [-0.2, 0) is 17.8 Å². The van der Waals surface area contributed by atoms with E-state index in [1.165, 1.54) is 11.1 Å². The number of nitrogens with one attached hydrogen (secondary N) is 1. The van der Waals surface area contributed by atoms with Crippen molar-refractivity contribution in [2.75, 3.05) is 19.6 Å². The Morgan fingerprint density at radius 2 is 2.09 bits per heavy atom. The number of benzene rings is 1. The minimum Gasteiger partial charge on any atom is -0.390 e. The van der Waals surface area contributed by atoms with E-state index in [9.17, 15) is 9.90 Å². The number of carbonyl (C=O) groups is 1. The van der Waals surface area contributed by atoms with Gasteiger partial charge in [0.05, 0.1) is 12.0 Å². The minimum atomic E-state index is -0.911. The van der Waals surface area contributed by atoms with E-state index in [1.54, 1.807) is 0 Å². The van der Waals surface area contributed by atoms with Gasteiger partial charge in [-0.25, -0.2) is 0 Å². The van der Waals surface area contributed by atoms with Gasteiger partial charge in [-0.2, -0.15) is 0 Å². The number of aliphatic hydroxyl groups excluding tert-OH is 1. The lowest BCUT2D eigenvalue weighted by Crippen LogP contribution is -2.42. The van der Waals surface area contributed by atoms with E-state index in [0.717, 1.165) is 19.5 Å². The number of hydrogen-bond acceptors (Lipinski definition) is 3. The lowest BCUT2D eigenvalue weighted by Gasteiger charge is -2.30. The standard InChI is InChI=1S/C16H20Cl2N2O2/c17-16(18)7-14(16)15(22)19-8-13(21)10-20-6-5-11-3-1-2-4-12(11)9-20/h1-4,13-14,21H,5-10H2,(H,19,22). The number of aliphatic hydroxyl groups is 1. The second-order valence-corrected chi connectivity index (χ2v) is 7.71. The van der Waals surface area contributed by atoms with Crippen LogP contribution in [0.25, 0.3) is 0 Å². The number of fused-ring (bicyclic) bond motifs is 1. The van der Waals surface area contributed by atoms with Crippen LogP contribution in [0.3, 0.4) is 0 Å². The summed E-state index contributed by atoms with van der Waals surface area (Å²) in [6.45, 7) is 2.55. The molecule has 1 aromatic rings. The molecule has 6 heteroatoms. The normalized spacial score (nSPS) is 24.4. The fourth-order valence-electron chi connectivity index (χ4n) is 2.91. The third kappa shape index (κ3) is 3.74. The molecular formula is C16H20Cl2N2O2. The number of hydrogen-bond donors (Lipinski definition) is 2. The molecule has 2 unspecified atom stereocenters. The summed E-state index contributed by atoms with van der Waals surface area (Å²) >= 11 is 11.7. The van der Waals surface area contributed by atoms with E-state index in [4.69, 9.17) is 23.2 Å². The van der Waals surface area contributed by atoms with Crippen molar-refractivity contribution in [3.05, 3.63) is 35.4 Å². The van der Waals surface area contributed by atoms with Crippen LogP contribution in [0.2, 0.25) is 0 Å². The highest BCUT2D eigenvalue weighted by molar-refractivity contribution is 6.52. The predicted molar refractivity (Wildman–Crippen MR) is 87.0 cm³/mol. The Morgan fingerprint density at radius 1 is 1.41 bits per heavy atom. The number of carbonyl (C=O) groups excluding carboxylic acids is 1. The molecule has 0 bridgehead atoms. The molecule has 1 fully saturated rings. The summed E-state index contributed by atoms with van der Waals surface area (Å²) < 4.78 is -0.911. The van der Waals surface area contributed by atoms with Crippen LogP contribution in [0.5, 0.6) is 0 Å². The van der Waals surface area contributed by atoms with Crippen LogP contribution in [-0.4, -0.2) is 46.0 Å². The van der Waals surface area contributed by atoms with Gasteiger partial charge in [0.25, 0.3) is 0 Å². The van der Waals surface area contributed by atoms with E-state index in [-0.39, 0.29) is 18.4 Å². The molecule has 22 heavy (non-hydrogen) atoms. The maximum atomic E-state index is 11.8. The summed E-state index contributed by atoms with van der Waals surface area (Å²) in [7, 11) is 0. The molecule has 120 valence electrons. The maximum Gasteiger partial charge on any atom is 0.226 e. The quantitative estimate of drug-likeness (QED) is 0.801. The average Bonchev–Trinajstić information content (AvgIpc) is 3.13. The highest BCUT2D eigenvalue weighted by Crippen LogP contribution is 2.53. The molecule has 1 aliphatic heterocycles. The van der Waals surface area contributed by atoms with Crippen molar-refractivity contribution in [1.29, 1.82) is 0 Å². The zero-order valence-electron chi connectivity index (χ0n) is 12.3. The number of halogens is 2. The Bertz CT molecular complexity index is 565. The van der Waals surface area contributed by atoms with Gasteiger partial charge in [0.1, 0.15) is 4.33 Å². The van der Waals surface area contributed by atoms with Gasteiger partial charge < -0.3 is 10.4 Å². The van der Waals surface area contributed by atoms with Crippen molar-refractivity contribution >= 4 is 29.1 Å². The maximum absolute atomic E-state index is 11.8. The van der Waals surface area contributed by atoms with Gasteiger partial charge in [-0.3, -0.25) is 9.69 Å². The van der Waals surface area contributed by atoms with Crippen LogP contribution in [0.4, 0.5) is 0 Å². The summed E-state index contributed by atoms with van der Waals surface area (Å²) in [5.41, 5.74) is 2.70. The lowest BCUT2D eigenvalue weighted by atomic mass is 10.00. The predicted octanol–water partition coefficient (Wildman–Crippen LogP) is 1.72. The van der Waals surface area contributed by atoms with Gasteiger partial charge >= 0.3 is 0 Å².